The first-order valence-corrected chi connectivity index (χ1v) is 9.38. The fourth-order valence-corrected chi connectivity index (χ4v) is 3.62. The number of nitrogens with one attached hydrogen (secondary N) is 1. The Bertz CT molecular complexity index is 1170. The summed E-state index contributed by atoms with van der Waals surface area (Å²) in [6.07, 6.45) is 1.90. The number of H-pyrrole nitrogens is 1. The van der Waals surface area contributed by atoms with Crippen LogP contribution in [0, 0.1) is 0 Å². The molecule has 0 spiro atoms. The molecule has 1 N–H and O–H groups in total. The molecule has 8 heteroatoms. The third-order valence-corrected chi connectivity index (χ3v) is 5.11. The van der Waals surface area contributed by atoms with Crippen LogP contribution in [-0.2, 0) is 17.7 Å². The van der Waals surface area contributed by atoms with Gasteiger partial charge in [0.1, 0.15) is 17.1 Å². The molecule has 0 saturated carbocycles. The van der Waals surface area contributed by atoms with E-state index >= 15 is 0 Å². The molecule has 0 fully saturated rings. The number of methoxy groups -OCH3 is 1. The van der Waals surface area contributed by atoms with Crippen molar-refractivity contribution in [1.82, 2.24) is 25.1 Å². The Balaban J connectivity index is 1.39. The highest BCUT2D eigenvalue weighted by atomic mass is 16.5. The van der Waals surface area contributed by atoms with E-state index in [0.29, 0.717) is 36.7 Å². The molecule has 0 radical (unpaired) electrons. The summed E-state index contributed by atoms with van der Waals surface area (Å²) >= 11 is 0. The molecule has 8 nitrogen and oxygen atoms in total. The highest BCUT2D eigenvalue weighted by molar-refractivity contribution is 5.94. The second-order valence-electron chi connectivity index (χ2n) is 6.93. The molecule has 146 valence electrons. The van der Waals surface area contributed by atoms with Crippen molar-refractivity contribution < 1.29 is 13.9 Å². The summed E-state index contributed by atoms with van der Waals surface area (Å²) in [5.41, 5.74) is 2.72. The van der Waals surface area contributed by atoms with E-state index in [2.05, 4.69) is 20.2 Å². The van der Waals surface area contributed by atoms with Crippen molar-refractivity contribution >= 4 is 16.9 Å². The second kappa shape index (κ2) is 7.14. The molecule has 1 aliphatic rings. The van der Waals surface area contributed by atoms with E-state index < -0.39 is 0 Å². The molecule has 0 bridgehead atoms. The first-order chi connectivity index (χ1) is 14.2. The molecular formula is C21H19N5O3. The Morgan fingerprint density at radius 2 is 2.07 bits per heavy atom. The molecule has 4 heterocycles. The number of carbonyl (C=O) groups is 1. The number of aromatic nitrogens is 4. The Kier molecular flexibility index (Phi) is 4.33. The lowest BCUT2D eigenvalue weighted by atomic mass is 10.1. The molecule has 0 aliphatic carbocycles. The Morgan fingerprint density at radius 3 is 2.90 bits per heavy atom. The maximum absolute atomic E-state index is 12.9. The zero-order valence-corrected chi connectivity index (χ0v) is 15.8. The standard InChI is InChI=1S/C21H19N5O3/c1-28-18(13-5-3-2-4-6-13)20-24-16-12-26(10-9-17(16)29-20)21(27)15-8-7-14-11-22-25-19(14)23-15/h2-8,11,18H,9-10,12H2,1H3,(H,22,23,25). The van der Waals surface area contributed by atoms with Gasteiger partial charge in [-0.15, -0.1) is 0 Å². The molecule has 1 unspecified atom stereocenters. The van der Waals surface area contributed by atoms with Gasteiger partial charge in [-0.05, 0) is 17.7 Å². The monoisotopic (exact) mass is 389 g/mol. The molecular weight excluding hydrogens is 370 g/mol. The van der Waals surface area contributed by atoms with Crippen LogP contribution >= 0.6 is 0 Å². The van der Waals surface area contributed by atoms with Crippen LogP contribution in [0.2, 0.25) is 0 Å². The predicted octanol–water partition coefficient (Wildman–Crippen LogP) is 2.88. The lowest BCUT2D eigenvalue weighted by Gasteiger charge is -2.24. The lowest BCUT2D eigenvalue weighted by molar-refractivity contribution is 0.0721. The number of amides is 1. The highest BCUT2D eigenvalue weighted by Gasteiger charge is 2.29. The predicted molar refractivity (Wildman–Crippen MR) is 104 cm³/mol. The normalized spacial score (nSPS) is 14.7. The van der Waals surface area contributed by atoms with Gasteiger partial charge in [0, 0.05) is 25.5 Å². The van der Waals surface area contributed by atoms with Gasteiger partial charge in [0.25, 0.3) is 5.91 Å². The molecule has 0 saturated heterocycles. The fraction of sp³-hybridized carbons (Fsp3) is 0.238. The first-order valence-electron chi connectivity index (χ1n) is 9.38. The summed E-state index contributed by atoms with van der Waals surface area (Å²) in [7, 11) is 1.63. The van der Waals surface area contributed by atoms with Gasteiger partial charge in [0.15, 0.2) is 11.8 Å². The van der Waals surface area contributed by atoms with Crippen LogP contribution in [0.25, 0.3) is 11.0 Å². The van der Waals surface area contributed by atoms with Crippen LogP contribution in [0.4, 0.5) is 0 Å². The Labute approximate surface area is 166 Å². The van der Waals surface area contributed by atoms with Crippen molar-refractivity contribution in [3.05, 3.63) is 77.3 Å². The van der Waals surface area contributed by atoms with Gasteiger partial charge in [-0.2, -0.15) is 5.10 Å². The number of ether oxygens (including phenoxy) is 1. The molecule has 1 atom stereocenters. The molecule has 4 aromatic rings. The number of hydrogen-bond donors (Lipinski definition) is 1. The number of pyridine rings is 1. The van der Waals surface area contributed by atoms with Crippen molar-refractivity contribution in [1.29, 1.82) is 0 Å². The zero-order chi connectivity index (χ0) is 19.8. The topological polar surface area (TPSA) is 97.1 Å². The van der Waals surface area contributed by atoms with Gasteiger partial charge in [-0.1, -0.05) is 30.3 Å². The van der Waals surface area contributed by atoms with Gasteiger partial charge in [0.2, 0.25) is 5.89 Å². The quantitative estimate of drug-likeness (QED) is 0.576. The summed E-state index contributed by atoms with van der Waals surface area (Å²) in [5.74, 6) is 1.18. The maximum atomic E-state index is 12.9. The first kappa shape index (κ1) is 17.6. The van der Waals surface area contributed by atoms with E-state index in [1.807, 2.05) is 36.4 Å². The largest absolute Gasteiger partial charge is 0.442 e. The summed E-state index contributed by atoms with van der Waals surface area (Å²) in [6, 6.07) is 13.4. The molecule has 5 rings (SSSR count). The zero-order valence-electron chi connectivity index (χ0n) is 15.8. The molecule has 1 amide bonds. The van der Waals surface area contributed by atoms with Crippen LogP contribution in [0.3, 0.4) is 0 Å². The van der Waals surface area contributed by atoms with Gasteiger partial charge >= 0.3 is 0 Å². The van der Waals surface area contributed by atoms with Crippen LogP contribution in [-0.4, -0.2) is 44.6 Å². The average Bonchev–Trinajstić information content (AvgIpc) is 3.40. The van der Waals surface area contributed by atoms with Gasteiger partial charge in [-0.3, -0.25) is 9.89 Å². The van der Waals surface area contributed by atoms with E-state index in [1.54, 1.807) is 24.3 Å². The third kappa shape index (κ3) is 3.17. The molecule has 3 aromatic heterocycles. The van der Waals surface area contributed by atoms with Crippen molar-refractivity contribution in [3.8, 4) is 0 Å². The molecule has 1 aliphatic heterocycles. The van der Waals surface area contributed by atoms with Gasteiger partial charge in [0.05, 0.1) is 12.7 Å². The van der Waals surface area contributed by atoms with E-state index in [9.17, 15) is 4.79 Å². The summed E-state index contributed by atoms with van der Waals surface area (Å²) in [5, 5.41) is 7.62. The third-order valence-electron chi connectivity index (χ3n) is 5.11. The lowest BCUT2D eigenvalue weighted by Crippen LogP contribution is -2.36. The van der Waals surface area contributed by atoms with E-state index in [4.69, 9.17) is 9.15 Å². The minimum atomic E-state index is -0.379. The summed E-state index contributed by atoms with van der Waals surface area (Å²) in [4.78, 5) is 23.7. The number of fused-ring (bicyclic) bond motifs is 2. The number of oxazole rings is 1. The number of benzene rings is 1. The molecule has 1 aromatic carbocycles. The Morgan fingerprint density at radius 1 is 1.21 bits per heavy atom. The highest BCUT2D eigenvalue weighted by Crippen LogP contribution is 2.29. The van der Waals surface area contributed by atoms with Crippen molar-refractivity contribution in [3.63, 3.8) is 0 Å². The van der Waals surface area contributed by atoms with Crippen molar-refractivity contribution in [2.45, 2.75) is 19.1 Å². The van der Waals surface area contributed by atoms with Crippen molar-refractivity contribution in [2.24, 2.45) is 0 Å². The van der Waals surface area contributed by atoms with Gasteiger partial charge < -0.3 is 14.1 Å². The van der Waals surface area contributed by atoms with Crippen molar-refractivity contribution in [2.75, 3.05) is 13.7 Å². The van der Waals surface area contributed by atoms with E-state index in [0.717, 1.165) is 22.4 Å². The second-order valence-corrected chi connectivity index (χ2v) is 6.93. The number of hydrogen-bond acceptors (Lipinski definition) is 6. The van der Waals surface area contributed by atoms with Crippen LogP contribution < -0.4 is 0 Å². The summed E-state index contributed by atoms with van der Waals surface area (Å²) < 4.78 is 11.6. The van der Waals surface area contributed by atoms with E-state index in [-0.39, 0.29) is 12.0 Å². The van der Waals surface area contributed by atoms with E-state index in [1.165, 1.54) is 0 Å². The average molecular weight is 389 g/mol. The summed E-state index contributed by atoms with van der Waals surface area (Å²) in [6.45, 7) is 0.928. The maximum Gasteiger partial charge on any atom is 0.272 e. The fourth-order valence-electron chi connectivity index (χ4n) is 3.62. The van der Waals surface area contributed by atoms with Crippen LogP contribution in [0.15, 0.2) is 53.1 Å². The minimum absolute atomic E-state index is 0.136. The number of rotatable bonds is 4. The Hall–Kier alpha value is -3.52. The van der Waals surface area contributed by atoms with Gasteiger partial charge in [-0.25, -0.2) is 9.97 Å². The minimum Gasteiger partial charge on any atom is -0.442 e. The molecule has 29 heavy (non-hydrogen) atoms. The van der Waals surface area contributed by atoms with Crippen LogP contribution in [0.5, 0.6) is 0 Å². The SMILES string of the molecule is COC(c1ccccc1)c1nc2c(o1)CCN(C(=O)c1ccc3cn[nH]c3n1)C2. The number of nitrogens with zero attached hydrogens (tertiary/aromatic N) is 4. The smallest absolute Gasteiger partial charge is 0.272 e. The number of carbonyl (C=O) groups excluding carboxylic acids is 1. The number of aromatic amines is 1. The van der Waals surface area contributed by atoms with Crippen LogP contribution in [0.1, 0.15) is 39.5 Å².